The van der Waals surface area contributed by atoms with Gasteiger partial charge in [-0.3, -0.25) is 16.0 Å². The molecule has 17 heavy (non-hydrogen) atoms. The van der Waals surface area contributed by atoms with E-state index in [0.717, 1.165) is 37.5 Å². The van der Waals surface area contributed by atoms with Gasteiger partial charge in [-0.2, -0.15) is 5.10 Å². The summed E-state index contributed by atoms with van der Waals surface area (Å²) in [4.78, 5) is 0. The molecule has 0 aromatic carbocycles. The van der Waals surface area contributed by atoms with E-state index in [1.54, 1.807) is 18.0 Å². The second-order valence-corrected chi connectivity index (χ2v) is 3.78. The predicted octanol–water partition coefficient (Wildman–Crippen LogP) is 0.750. The van der Waals surface area contributed by atoms with Crippen molar-refractivity contribution in [3.8, 4) is 5.75 Å². The highest BCUT2D eigenvalue weighted by Crippen LogP contribution is 2.26. The number of hydrogen-bond acceptors (Lipinski definition) is 5. The highest BCUT2D eigenvalue weighted by atomic mass is 16.5. The Morgan fingerprint density at radius 2 is 2.35 bits per heavy atom. The Labute approximate surface area is 102 Å². The third-order valence-corrected chi connectivity index (χ3v) is 2.69. The first kappa shape index (κ1) is 14.0. The van der Waals surface area contributed by atoms with Crippen LogP contribution in [0.4, 0.5) is 0 Å². The van der Waals surface area contributed by atoms with Crippen LogP contribution in [0.25, 0.3) is 0 Å². The summed E-state index contributed by atoms with van der Waals surface area (Å²) in [5, 5.41) is 4.17. The van der Waals surface area contributed by atoms with Crippen molar-refractivity contribution in [1.29, 1.82) is 0 Å². The van der Waals surface area contributed by atoms with E-state index < -0.39 is 0 Å². The van der Waals surface area contributed by atoms with E-state index in [1.807, 2.05) is 14.0 Å². The summed E-state index contributed by atoms with van der Waals surface area (Å²) >= 11 is 0. The molecule has 1 heterocycles. The number of aryl methyl sites for hydroxylation is 1. The Balaban J connectivity index is 2.62. The Bertz CT molecular complexity index is 327. The van der Waals surface area contributed by atoms with Gasteiger partial charge in [-0.25, -0.2) is 0 Å². The van der Waals surface area contributed by atoms with Crippen LogP contribution < -0.4 is 16.0 Å². The monoisotopic (exact) mass is 242 g/mol. The summed E-state index contributed by atoms with van der Waals surface area (Å²) in [5.41, 5.74) is 3.76. The number of nitrogens with zero attached hydrogens (tertiary/aromatic N) is 2. The van der Waals surface area contributed by atoms with Gasteiger partial charge in [-0.1, -0.05) is 0 Å². The van der Waals surface area contributed by atoms with Crippen molar-refractivity contribution < 1.29 is 9.47 Å². The lowest BCUT2D eigenvalue weighted by atomic mass is 10.1. The van der Waals surface area contributed by atoms with Crippen molar-refractivity contribution in [3.63, 3.8) is 0 Å². The average molecular weight is 242 g/mol. The van der Waals surface area contributed by atoms with Crippen LogP contribution >= 0.6 is 0 Å². The smallest absolute Gasteiger partial charge is 0.161 e. The van der Waals surface area contributed by atoms with Crippen LogP contribution in [-0.4, -0.2) is 30.1 Å². The molecule has 0 aliphatic rings. The number of hydrazine groups is 1. The van der Waals surface area contributed by atoms with Gasteiger partial charge < -0.3 is 9.47 Å². The summed E-state index contributed by atoms with van der Waals surface area (Å²) in [7, 11) is 3.51. The quantitative estimate of drug-likeness (QED) is 0.400. The molecular weight excluding hydrogens is 220 g/mol. The number of nitrogens with two attached hydrogens (primary N) is 1. The Morgan fingerprint density at radius 1 is 1.59 bits per heavy atom. The lowest BCUT2D eigenvalue weighted by molar-refractivity contribution is 0.140. The van der Waals surface area contributed by atoms with Gasteiger partial charge in [-0.05, 0) is 19.8 Å². The van der Waals surface area contributed by atoms with E-state index in [4.69, 9.17) is 15.3 Å². The van der Waals surface area contributed by atoms with Gasteiger partial charge in [0.25, 0.3) is 0 Å². The minimum Gasteiger partial charge on any atom is -0.493 e. The molecule has 0 fully saturated rings. The molecule has 1 atom stereocenters. The fourth-order valence-corrected chi connectivity index (χ4v) is 1.81. The predicted molar refractivity (Wildman–Crippen MR) is 65.6 cm³/mol. The minimum atomic E-state index is 0.0258. The fraction of sp³-hybridized carbons (Fsp3) is 0.727. The maximum Gasteiger partial charge on any atom is 0.161 e. The normalized spacial score (nSPS) is 12.7. The van der Waals surface area contributed by atoms with Gasteiger partial charge in [-0.15, -0.1) is 0 Å². The molecule has 1 aromatic heterocycles. The molecule has 1 aromatic rings. The topological polar surface area (TPSA) is 74.3 Å². The minimum absolute atomic E-state index is 0.0258. The molecule has 0 saturated heterocycles. The van der Waals surface area contributed by atoms with E-state index in [2.05, 4.69) is 10.5 Å². The van der Waals surface area contributed by atoms with Crippen molar-refractivity contribution in [2.45, 2.75) is 25.8 Å². The molecule has 0 saturated carbocycles. The lowest BCUT2D eigenvalue weighted by Crippen LogP contribution is -2.30. The molecule has 0 amide bonds. The maximum atomic E-state index is 5.58. The van der Waals surface area contributed by atoms with Gasteiger partial charge in [0.05, 0.1) is 25.0 Å². The molecular formula is C11H22N4O2. The fourth-order valence-electron chi connectivity index (χ4n) is 1.81. The number of methoxy groups -OCH3 is 1. The van der Waals surface area contributed by atoms with E-state index in [-0.39, 0.29) is 6.04 Å². The number of aromatic nitrogens is 2. The molecule has 1 unspecified atom stereocenters. The second kappa shape index (κ2) is 7.26. The zero-order chi connectivity index (χ0) is 12.7. The molecule has 6 nitrogen and oxygen atoms in total. The molecule has 3 N–H and O–H groups in total. The SMILES string of the molecule is CCOCCCC(NN)c1c(OC)cnn1C. The Morgan fingerprint density at radius 3 is 2.94 bits per heavy atom. The highest BCUT2D eigenvalue weighted by molar-refractivity contribution is 5.27. The second-order valence-electron chi connectivity index (χ2n) is 3.78. The van der Waals surface area contributed by atoms with Crippen molar-refractivity contribution in [2.24, 2.45) is 12.9 Å². The lowest BCUT2D eigenvalue weighted by Gasteiger charge is -2.17. The number of nitrogens with one attached hydrogen (secondary N) is 1. The van der Waals surface area contributed by atoms with Crippen LogP contribution in [0.15, 0.2) is 6.20 Å². The van der Waals surface area contributed by atoms with Crippen molar-refractivity contribution >= 4 is 0 Å². The molecule has 98 valence electrons. The molecule has 1 rings (SSSR count). The third-order valence-electron chi connectivity index (χ3n) is 2.69. The van der Waals surface area contributed by atoms with Crippen molar-refractivity contribution in [3.05, 3.63) is 11.9 Å². The summed E-state index contributed by atoms with van der Waals surface area (Å²) in [6, 6.07) is 0.0258. The zero-order valence-electron chi connectivity index (χ0n) is 10.8. The molecule has 0 radical (unpaired) electrons. The maximum absolute atomic E-state index is 5.58. The molecule has 0 aliphatic heterocycles. The number of rotatable bonds is 8. The first-order valence-electron chi connectivity index (χ1n) is 5.84. The summed E-state index contributed by atoms with van der Waals surface area (Å²) in [6.45, 7) is 3.48. The van der Waals surface area contributed by atoms with Crippen LogP contribution in [0.1, 0.15) is 31.5 Å². The van der Waals surface area contributed by atoms with Crippen LogP contribution in [-0.2, 0) is 11.8 Å². The Hall–Kier alpha value is -1.11. The summed E-state index contributed by atoms with van der Waals surface area (Å²) in [5.74, 6) is 6.34. The highest BCUT2D eigenvalue weighted by Gasteiger charge is 2.19. The van der Waals surface area contributed by atoms with Crippen molar-refractivity contribution in [2.75, 3.05) is 20.3 Å². The average Bonchev–Trinajstić information content (AvgIpc) is 2.71. The van der Waals surface area contributed by atoms with E-state index >= 15 is 0 Å². The molecule has 6 heteroatoms. The van der Waals surface area contributed by atoms with Crippen LogP contribution in [0.5, 0.6) is 5.75 Å². The number of ether oxygens (including phenoxy) is 2. The van der Waals surface area contributed by atoms with Crippen LogP contribution in [0.3, 0.4) is 0 Å². The van der Waals surface area contributed by atoms with Gasteiger partial charge >= 0.3 is 0 Å². The standard InChI is InChI=1S/C11H22N4O2/c1-4-17-7-5-6-9(14-12)11-10(16-3)8-13-15(11)2/h8-9,14H,4-7,12H2,1-3H3. The largest absolute Gasteiger partial charge is 0.493 e. The van der Waals surface area contributed by atoms with E-state index in [1.165, 1.54) is 0 Å². The molecule has 0 aliphatic carbocycles. The van der Waals surface area contributed by atoms with E-state index in [0.29, 0.717) is 0 Å². The van der Waals surface area contributed by atoms with Gasteiger partial charge in [0.15, 0.2) is 5.75 Å². The first-order valence-corrected chi connectivity index (χ1v) is 5.84. The summed E-state index contributed by atoms with van der Waals surface area (Å²) < 4.78 is 12.4. The zero-order valence-corrected chi connectivity index (χ0v) is 10.8. The summed E-state index contributed by atoms with van der Waals surface area (Å²) in [6.07, 6.45) is 3.52. The van der Waals surface area contributed by atoms with Gasteiger partial charge in [0.1, 0.15) is 0 Å². The molecule has 0 spiro atoms. The van der Waals surface area contributed by atoms with E-state index in [9.17, 15) is 0 Å². The first-order chi connectivity index (χ1) is 8.24. The van der Waals surface area contributed by atoms with Crippen LogP contribution in [0, 0.1) is 0 Å². The van der Waals surface area contributed by atoms with Crippen LogP contribution in [0.2, 0.25) is 0 Å². The van der Waals surface area contributed by atoms with Gasteiger partial charge in [0, 0.05) is 20.3 Å². The third kappa shape index (κ3) is 3.69. The Kier molecular flexibility index (Phi) is 5.96. The van der Waals surface area contributed by atoms with Gasteiger partial charge in [0.2, 0.25) is 0 Å². The van der Waals surface area contributed by atoms with Crippen molar-refractivity contribution in [1.82, 2.24) is 15.2 Å². The molecule has 0 bridgehead atoms. The number of hydrogen-bond donors (Lipinski definition) is 2.